The largest absolute Gasteiger partial charge is 0.491 e. The molecule has 0 saturated carbocycles. The molecule has 26 heavy (non-hydrogen) atoms. The summed E-state index contributed by atoms with van der Waals surface area (Å²) in [5.41, 5.74) is 3.68. The van der Waals surface area contributed by atoms with Gasteiger partial charge in [0.2, 0.25) is 0 Å². The second kappa shape index (κ2) is 9.54. The normalized spacial score (nSPS) is 13.3. The minimum absolute atomic E-state index is 0.0160. The SMILES string of the molecule is Cc1ccc(-c2ccc(C)c(OCC(O)CO)c2)cc1OCC(O)CO. The zero-order valence-corrected chi connectivity index (χ0v) is 15.1. The minimum Gasteiger partial charge on any atom is -0.491 e. The summed E-state index contributed by atoms with van der Waals surface area (Å²) in [7, 11) is 0. The maximum absolute atomic E-state index is 9.46. The molecule has 0 aliphatic rings. The van der Waals surface area contributed by atoms with E-state index < -0.39 is 12.2 Å². The fourth-order valence-electron chi connectivity index (χ4n) is 2.35. The number of hydrogen-bond acceptors (Lipinski definition) is 6. The summed E-state index contributed by atoms with van der Waals surface area (Å²) in [6.07, 6.45) is -1.84. The minimum atomic E-state index is -0.921. The Kier molecular flexibility index (Phi) is 7.41. The fourth-order valence-corrected chi connectivity index (χ4v) is 2.35. The molecular weight excluding hydrogens is 336 g/mol. The number of benzene rings is 2. The first kappa shape index (κ1) is 20.2. The van der Waals surface area contributed by atoms with Crippen LogP contribution in [0.1, 0.15) is 11.1 Å². The lowest BCUT2D eigenvalue weighted by molar-refractivity contribution is 0.0533. The molecule has 2 unspecified atom stereocenters. The summed E-state index contributed by atoms with van der Waals surface area (Å²) in [6, 6.07) is 11.5. The molecule has 6 nitrogen and oxygen atoms in total. The van der Waals surface area contributed by atoms with Crippen molar-refractivity contribution >= 4 is 0 Å². The van der Waals surface area contributed by atoms with Crippen LogP contribution in [0.3, 0.4) is 0 Å². The van der Waals surface area contributed by atoms with Crippen molar-refractivity contribution in [1.82, 2.24) is 0 Å². The molecule has 2 rings (SSSR count). The third-order valence-corrected chi connectivity index (χ3v) is 3.99. The Morgan fingerprint density at radius 1 is 0.731 bits per heavy atom. The Bertz CT molecular complexity index is 654. The first-order valence-electron chi connectivity index (χ1n) is 8.49. The summed E-state index contributed by atoms with van der Waals surface area (Å²) in [4.78, 5) is 0. The fraction of sp³-hybridized carbons (Fsp3) is 0.400. The Labute approximate surface area is 153 Å². The van der Waals surface area contributed by atoms with Gasteiger partial charge in [-0.3, -0.25) is 0 Å². The molecule has 142 valence electrons. The average molecular weight is 362 g/mol. The molecule has 2 aromatic carbocycles. The van der Waals surface area contributed by atoms with Gasteiger partial charge in [0.25, 0.3) is 0 Å². The van der Waals surface area contributed by atoms with Crippen molar-refractivity contribution in [3.05, 3.63) is 47.5 Å². The van der Waals surface area contributed by atoms with Crippen molar-refractivity contribution in [3.8, 4) is 22.6 Å². The standard InChI is InChI=1S/C20H26O6/c1-13-3-5-15(7-19(13)25-11-17(23)9-21)16-6-4-14(2)20(8-16)26-12-18(24)10-22/h3-8,17-18,21-24H,9-12H2,1-2H3. The Morgan fingerprint density at radius 3 is 1.46 bits per heavy atom. The average Bonchev–Trinajstić information content (AvgIpc) is 2.66. The van der Waals surface area contributed by atoms with Crippen molar-refractivity contribution in [2.75, 3.05) is 26.4 Å². The number of aliphatic hydroxyl groups is 4. The van der Waals surface area contributed by atoms with E-state index in [2.05, 4.69) is 0 Å². The molecule has 0 aromatic heterocycles. The zero-order valence-electron chi connectivity index (χ0n) is 15.1. The highest BCUT2D eigenvalue weighted by Gasteiger charge is 2.10. The Hall–Kier alpha value is -2.12. The first-order chi connectivity index (χ1) is 12.4. The van der Waals surface area contributed by atoms with E-state index in [1.54, 1.807) is 0 Å². The van der Waals surface area contributed by atoms with Crippen LogP contribution in [0, 0.1) is 13.8 Å². The van der Waals surface area contributed by atoms with Gasteiger partial charge in [-0.05, 0) is 48.2 Å². The molecule has 0 bridgehead atoms. The number of aliphatic hydroxyl groups excluding tert-OH is 4. The number of ether oxygens (including phenoxy) is 2. The van der Waals surface area contributed by atoms with Crippen molar-refractivity contribution in [2.45, 2.75) is 26.1 Å². The molecule has 0 saturated heterocycles. The molecule has 6 heteroatoms. The quantitative estimate of drug-likeness (QED) is 0.539. The van der Waals surface area contributed by atoms with E-state index in [0.717, 1.165) is 22.3 Å². The van der Waals surface area contributed by atoms with Crippen LogP contribution in [0.25, 0.3) is 11.1 Å². The van der Waals surface area contributed by atoms with E-state index in [9.17, 15) is 10.2 Å². The van der Waals surface area contributed by atoms with Crippen LogP contribution in [-0.4, -0.2) is 59.1 Å². The lowest BCUT2D eigenvalue weighted by atomic mass is 10.0. The van der Waals surface area contributed by atoms with Gasteiger partial charge in [-0.1, -0.05) is 24.3 Å². The Morgan fingerprint density at radius 2 is 1.12 bits per heavy atom. The molecule has 2 atom stereocenters. The number of rotatable bonds is 9. The number of aryl methyl sites for hydroxylation is 2. The van der Waals surface area contributed by atoms with Crippen LogP contribution >= 0.6 is 0 Å². The van der Waals surface area contributed by atoms with Gasteiger partial charge in [0.15, 0.2) is 0 Å². The van der Waals surface area contributed by atoms with Crippen molar-refractivity contribution < 1.29 is 29.9 Å². The van der Waals surface area contributed by atoms with Crippen LogP contribution in [0.4, 0.5) is 0 Å². The monoisotopic (exact) mass is 362 g/mol. The van der Waals surface area contributed by atoms with E-state index >= 15 is 0 Å². The molecule has 0 amide bonds. The molecule has 0 radical (unpaired) electrons. The topological polar surface area (TPSA) is 99.4 Å². The third kappa shape index (κ3) is 5.44. The van der Waals surface area contributed by atoms with E-state index in [4.69, 9.17) is 19.7 Å². The molecule has 0 heterocycles. The van der Waals surface area contributed by atoms with E-state index in [-0.39, 0.29) is 26.4 Å². The predicted molar refractivity (Wildman–Crippen MR) is 98.5 cm³/mol. The molecule has 2 aromatic rings. The third-order valence-electron chi connectivity index (χ3n) is 3.99. The summed E-state index contributed by atoms with van der Waals surface area (Å²) in [6.45, 7) is 3.15. The molecule has 0 aliphatic heterocycles. The van der Waals surface area contributed by atoms with Crippen LogP contribution in [0.5, 0.6) is 11.5 Å². The van der Waals surface area contributed by atoms with Crippen molar-refractivity contribution in [2.24, 2.45) is 0 Å². The molecule has 0 fully saturated rings. The maximum Gasteiger partial charge on any atom is 0.122 e. The van der Waals surface area contributed by atoms with Gasteiger partial charge >= 0.3 is 0 Å². The highest BCUT2D eigenvalue weighted by Crippen LogP contribution is 2.31. The van der Waals surface area contributed by atoms with Crippen molar-refractivity contribution in [3.63, 3.8) is 0 Å². The first-order valence-corrected chi connectivity index (χ1v) is 8.49. The molecule has 0 aliphatic carbocycles. The highest BCUT2D eigenvalue weighted by molar-refractivity contribution is 5.68. The van der Waals surface area contributed by atoms with Crippen LogP contribution in [-0.2, 0) is 0 Å². The van der Waals surface area contributed by atoms with Gasteiger partial charge in [0, 0.05) is 0 Å². The Balaban J connectivity index is 2.22. The van der Waals surface area contributed by atoms with E-state index in [1.165, 1.54) is 0 Å². The summed E-state index contributed by atoms with van der Waals surface area (Å²) in [5, 5.41) is 36.7. The second-order valence-corrected chi connectivity index (χ2v) is 6.26. The van der Waals surface area contributed by atoms with Gasteiger partial charge in [0.05, 0.1) is 13.2 Å². The van der Waals surface area contributed by atoms with Gasteiger partial charge in [-0.2, -0.15) is 0 Å². The highest BCUT2D eigenvalue weighted by atomic mass is 16.5. The van der Waals surface area contributed by atoms with Gasteiger partial charge in [-0.25, -0.2) is 0 Å². The van der Waals surface area contributed by atoms with Crippen molar-refractivity contribution in [1.29, 1.82) is 0 Å². The zero-order chi connectivity index (χ0) is 19.1. The lowest BCUT2D eigenvalue weighted by Crippen LogP contribution is -2.21. The van der Waals surface area contributed by atoms with E-state index in [1.807, 2.05) is 50.2 Å². The molecule has 0 spiro atoms. The van der Waals surface area contributed by atoms with Crippen LogP contribution < -0.4 is 9.47 Å². The van der Waals surface area contributed by atoms with E-state index in [0.29, 0.717) is 11.5 Å². The second-order valence-electron chi connectivity index (χ2n) is 6.26. The molecular formula is C20H26O6. The maximum atomic E-state index is 9.46. The summed E-state index contributed by atoms with van der Waals surface area (Å²) < 4.78 is 11.2. The van der Waals surface area contributed by atoms with Gasteiger partial charge in [0.1, 0.15) is 36.9 Å². The summed E-state index contributed by atoms with van der Waals surface area (Å²) in [5.74, 6) is 1.27. The van der Waals surface area contributed by atoms with Crippen LogP contribution in [0.15, 0.2) is 36.4 Å². The lowest BCUT2D eigenvalue weighted by Gasteiger charge is -2.15. The van der Waals surface area contributed by atoms with Crippen LogP contribution in [0.2, 0.25) is 0 Å². The summed E-state index contributed by atoms with van der Waals surface area (Å²) >= 11 is 0. The van der Waals surface area contributed by atoms with Gasteiger partial charge in [-0.15, -0.1) is 0 Å². The van der Waals surface area contributed by atoms with Gasteiger partial charge < -0.3 is 29.9 Å². The smallest absolute Gasteiger partial charge is 0.122 e. The molecule has 4 N–H and O–H groups in total. The predicted octanol–water partition coefficient (Wildman–Crippen LogP) is 1.43. The number of hydrogen-bond donors (Lipinski definition) is 4.